The van der Waals surface area contributed by atoms with Gasteiger partial charge in [-0.1, -0.05) is 19.4 Å². The average molecular weight is 275 g/mol. The van der Waals surface area contributed by atoms with Crippen molar-refractivity contribution in [3.05, 3.63) is 29.6 Å². The first-order valence-corrected chi connectivity index (χ1v) is 7.43. The molecule has 1 aromatic carbocycles. The Bertz CT molecular complexity index is 488. The quantitative estimate of drug-likeness (QED) is 0.828. The largest absolute Gasteiger partial charge is 0.494 e. The molecule has 1 N–H and O–H groups in total. The van der Waals surface area contributed by atoms with E-state index >= 15 is 0 Å². The van der Waals surface area contributed by atoms with Crippen LogP contribution in [0.2, 0.25) is 0 Å². The van der Waals surface area contributed by atoms with Crippen molar-refractivity contribution in [2.45, 2.75) is 26.3 Å². The van der Waals surface area contributed by atoms with E-state index in [0.29, 0.717) is 12.0 Å². The van der Waals surface area contributed by atoms with Crippen molar-refractivity contribution in [1.82, 2.24) is 4.72 Å². The predicted octanol–water partition coefficient (Wildman–Crippen LogP) is 2.05. The Kier molecular flexibility index (Phi) is 5.55. The van der Waals surface area contributed by atoms with Crippen molar-refractivity contribution in [2.75, 3.05) is 12.9 Å². The number of sulfonamides is 1. The maximum Gasteiger partial charge on any atom is 0.211 e. The summed E-state index contributed by atoms with van der Waals surface area (Å²) in [6, 6.07) is 4.37. The smallest absolute Gasteiger partial charge is 0.211 e. The van der Waals surface area contributed by atoms with Crippen molar-refractivity contribution in [2.24, 2.45) is 0 Å². The summed E-state index contributed by atoms with van der Waals surface area (Å²) in [5.74, 6) is -0.252. The number of hydrogen-bond donors (Lipinski definition) is 1. The molecule has 0 aliphatic heterocycles. The van der Waals surface area contributed by atoms with Crippen molar-refractivity contribution in [1.29, 1.82) is 0 Å². The van der Waals surface area contributed by atoms with Gasteiger partial charge in [-0.25, -0.2) is 17.5 Å². The summed E-state index contributed by atoms with van der Waals surface area (Å²) in [6.07, 6.45) is 1.43. The first-order chi connectivity index (χ1) is 8.48. The molecule has 18 heavy (non-hydrogen) atoms. The van der Waals surface area contributed by atoms with Crippen LogP contribution < -0.4 is 9.46 Å². The molecule has 0 unspecified atom stereocenters. The van der Waals surface area contributed by atoms with Gasteiger partial charge in [-0.05, 0) is 24.1 Å². The topological polar surface area (TPSA) is 55.4 Å². The van der Waals surface area contributed by atoms with Gasteiger partial charge in [-0.15, -0.1) is 0 Å². The molecule has 102 valence electrons. The van der Waals surface area contributed by atoms with E-state index in [4.69, 9.17) is 4.74 Å². The van der Waals surface area contributed by atoms with Crippen LogP contribution >= 0.6 is 0 Å². The maximum absolute atomic E-state index is 13.4. The van der Waals surface area contributed by atoms with Gasteiger partial charge in [0.25, 0.3) is 0 Å². The molecule has 0 aliphatic rings. The van der Waals surface area contributed by atoms with Crippen LogP contribution in [-0.2, 0) is 16.6 Å². The number of rotatable bonds is 7. The highest BCUT2D eigenvalue weighted by atomic mass is 32.2. The van der Waals surface area contributed by atoms with Crippen molar-refractivity contribution in [3.8, 4) is 5.75 Å². The molecule has 0 saturated carbocycles. The third-order valence-corrected chi connectivity index (χ3v) is 3.89. The van der Waals surface area contributed by atoms with Crippen LogP contribution in [0.3, 0.4) is 0 Å². The Balaban J connectivity index is 2.61. The lowest BCUT2D eigenvalue weighted by Crippen LogP contribution is -2.25. The van der Waals surface area contributed by atoms with Crippen molar-refractivity contribution in [3.63, 3.8) is 0 Å². The SMILES string of the molecule is CCCCS(=O)(=O)NCc1ccc(OC)c(F)c1. The molecular weight excluding hydrogens is 257 g/mol. The summed E-state index contributed by atoms with van der Waals surface area (Å²) < 4.78 is 43.7. The summed E-state index contributed by atoms with van der Waals surface area (Å²) in [7, 11) is -1.89. The van der Waals surface area contributed by atoms with Gasteiger partial charge in [0.15, 0.2) is 11.6 Å². The number of unbranched alkanes of at least 4 members (excludes halogenated alkanes) is 1. The van der Waals surface area contributed by atoms with Crippen LogP contribution in [0.4, 0.5) is 4.39 Å². The lowest BCUT2D eigenvalue weighted by molar-refractivity contribution is 0.386. The zero-order valence-electron chi connectivity index (χ0n) is 10.6. The molecular formula is C12H18FNO3S. The number of hydrogen-bond acceptors (Lipinski definition) is 3. The highest BCUT2D eigenvalue weighted by molar-refractivity contribution is 7.89. The van der Waals surface area contributed by atoms with E-state index in [1.807, 2.05) is 6.92 Å². The molecule has 0 amide bonds. The van der Waals surface area contributed by atoms with Gasteiger partial charge in [0.05, 0.1) is 12.9 Å². The molecule has 0 aromatic heterocycles. The molecule has 0 fully saturated rings. The summed E-state index contributed by atoms with van der Waals surface area (Å²) in [5.41, 5.74) is 0.563. The normalized spacial score (nSPS) is 11.5. The van der Waals surface area contributed by atoms with Crippen LogP contribution in [-0.4, -0.2) is 21.3 Å². The van der Waals surface area contributed by atoms with Gasteiger partial charge in [-0.3, -0.25) is 0 Å². The fourth-order valence-electron chi connectivity index (χ4n) is 1.42. The number of methoxy groups -OCH3 is 1. The Morgan fingerprint density at radius 2 is 2.11 bits per heavy atom. The summed E-state index contributed by atoms with van der Waals surface area (Å²) in [4.78, 5) is 0. The fraction of sp³-hybridized carbons (Fsp3) is 0.500. The average Bonchev–Trinajstić information content (AvgIpc) is 2.34. The van der Waals surface area contributed by atoms with Gasteiger partial charge < -0.3 is 4.74 Å². The minimum atomic E-state index is -3.27. The Hall–Kier alpha value is -1.14. The zero-order valence-corrected chi connectivity index (χ0v) is 11.4. The molecule has 0 radical (unpaired) electrons. The highest BCUT2D eigenvalue weighted by Crippen LogP contribution is 2.17. The summed E-state index contributed by atoms with van der Waals surface area (Å²) >= 11 is 0. The van der Waals surface area contributed by atoms with Crippen LogP contribution in [0.5, 0.6) is 5.75 Å². The van der Waals surface area contributed by atoms with E-state index < -0.39 is 15.8 Å². The highest BCUT2D eigenvalue weighted by Gasteiger charge is 2.10. The van der Waals surface area contributed by atoms with E-state index in [1.54, 1.807) is 6.07 Å². The van der Waals surface area contributed by atoms with Crippen molar-refractivity contribution >= 4 is 10.0 Å². The van der Waals surface area contributed by atoms with Crippen molar-refractivity contribution < 1.29 is 17.5 Å². The molecule has 0 atom stereocenters. The second-order valence-corrected chi connectivity index (χ2v) is 5.89. The van der Waals surface area contributed by atoms with Gasteiger partial charge in [0.2, 0.25) is 10.0 Å². The third-order valence-electron chi connectivity index (χ3n) is 2.48. The number of ether oxygens (including phenoxy) is 1. The number of halogens is 1. The van der Waals surface area contributed by atoms with E-state index in [1.165, 1.54) is 19.2 Å². The molecule has 1 rings (SSSR count). The van der Waals surface area contributed by atoms with Gasteiger partial charge in [-0.2, -0.15) is 0 Å². The lowest BCUT2D eigenvalue weighted by Gasteiger charge is -2.07. The summed E-state index contributed by atoms with van der Waals surface area (Å²) in [5, 5.41) is 0. The standard InChI is InChI=1S/C12H18FNO3S/c1-3-4-7-18(15,16)14-9-10-5-6-12(17-2)11(13)8-10/h5-6,8,14H,3-4,7,9H2,1-2H3. The Morgan fingerprint density at radius 3 is 2.67 bits per heavy atom. The number of benzene rings is 1. The molecule has 0 saturated heterocycles. The Labute approximate surface area is 107 Å². The van der Waals surface area contributed by atoms with E-state index in [0.717, 1.165) is 6.42 Å². The minimum Gasteiger partial charge on any atom is -0.494 e. The third kappa shape index (κ3) is 4.62. The second-order valence-electron chi connectivity index (χ2n) is 3.96. The Morgan fingerprint density at radius 1 is 1.39 bits per heavy atom. The fourth-order valence-corrected chi connectivity index (χ4v) is 2.62. The predicted molar refractivity (Wildman–Crippen MR) is 68.5 cm³/mol. The van der Waals surface area contributed by atoms with Gasteiger partial charge in [0.1, 0.15) is 0 Å². The molecule has 1 aromatic rings. The minimum absolute atomic E-state index is 0.0902. The van der Waals surface area contributed by atoms with E-state index in [9.17, 15) is 12.8 Å². The van der Waals surface area contributed by atoms with Gasteiger partial charge >= 0.3 is 0 Å². The van der Waals surface area contributed by atoms with Crippen LogP contribution in [0, 0.1) is 5.82 Å². The molecule has 0 spiro atoms. The maximum atomic E-state index is 13.4. The molecule has 6 heteroatoms. The lowest BCUT2D eigenvalue weighted by atomic mass is 10.2. The van der Waals surface area contributed by atoms with Crippen LogP contribution in [0.25, 0.3) is 0 Å². The first kappa shape index (κ1) is 14.9. The second kappa shape index (κ2) is 6.70. The van der Waals surface area contributed by atoms with Crippen LogP contribution in [0.1, 0.15) is 25.3 Å². The number of nitrogens with one attached hydrogen (secondary N) is 1. The molecule has 4 nitrogen and oxygen atoms in total. The van der Waals surface area contributed by atoms with E-state index in [-0.39, 0.29) is 18.0 Å². The molecule has 0 bridgehead atoms. The first-order valence-electron chi connectivity index (χ1n) is 5.78. The van der Waals surface area contributed by atoms with E-state index in [2.05, 4.69) is 4.72 Å². The van der Waals surface area contributed by atoms with Crippen LogP contribution in [0.15, 0.2) is 18.2 Å². The molecule has 0 aliphatic carbocycles. The summed E-state index contributed by atoms with van der Waals surface area (Å²) in [6.45, 7) is 2.02. The molecule has 0 heterocycles. The monoisotopic (exact) mass is 275 g/mol. The zero-order chi connectivity index (χ0) is 13.6. The van der Waals surface area contributed by atoms with Gasteiger partial charge in [0, 0.05) is 6.54 Å².